The van der Waals surface area contributed by atoms with Crippen molar-refractivity contribution in [2.75, 3.05) is 6.61 Å². The monoisotopic (exact) mass is 527 g/mol. The number of carbonyl (C=O) groups excluding carboxylic acids is 1. The Labute approximate surface area is 207 Å². The average Bonchev–Trinajstić information content (AvgIpc) is 3.28. The largest absolute Gasteiger partial charge is 0.484 e. The van der Waals surface area contributed by atoms with Gasteiger partial charge >= 0.3 is 12.1 Å². The summed E-state index contributed by atoms with van der Waals surface area (Å²) < 4.78 is 65.9. The number of halogens is 4. The summed E-state index contributed by atoms with van der Waals surface area (Å²) in [5, 5.41) is 11.4. The molecule has 0 saturated carbocycles. The third-order valence-electron chi connectivity index (χ3n) is 4.81. The van der Waals surface area contributed by atoms with Gasteiger partial charge in [0.15, 0.2) is 6.61 Å². The van der Waals surface area contributed by atoms with Crippen molar-refractivity contribution in [3.8, 4) is 22.9 Å². The number of benzene rings is 1. The molecule has 1 atom stereocenters. The first-order valence-corrected chi connectivity index (χ1v) is 11.2. The highest BCUT2D eigenvalue weighted by Gasteiger charge is 2.30. The van der Waals surface area contributed by atoms with Crippen LogP contribution in [-0.4, -0.2) is 44.7 Å². The molecule has 3 aromatic rings. The Morgan fingerprint density at radius 3 is 2.47 bits per heavy atom. The van der Waals surface area contributed by atoms with Crippen LogP contribution in [0.1, 0.15) is 42.1 Å². The van der Waals surface area contributed by atoms with Gasteiger partial charge in [-0.25, -0.2) is 14.2 Å². The fourth-order valence-corrected chi connectivity index (χ4v) is 3.54. The van der Waals surface area contributed by atoms with E-state index in [2.05, 4.69) is 19.4 Å². The molecule has 0 unspecified atom stereocenters. The molecule has 1 amide bonds. The summed E-state index contributed by atoms with van der Waals surface area (Å²) in [6, 6.07) is 8.19. The summed E-state index contributed by atoms with van der Waals surface area (Å²) in [5.74, 6) is -2.87. The Bertz CT molecular complexity index is 1250. The van der Waals surface area contributed by atoms with Gasteiger partial charge in [0.05, 0.1) is 22.3 Å². The molecule has 8 nitrogen and oxygen atoms in total. The second kappa shape index (κ2) is 10.5. The lowest BCUT2D eigenvalue weighted by molar-refractivity contribution is -0.154. The summed E-state index contributed by atoms with van der Waals surface area (Å²) in [4.78, 5) is 27.9. The smallest absolute Gasteiger partial charge is 0.422 e. The molecule has 1 aromatic carbocycles. The van der Waals surface area contributed by atoms with Crippen molar-refractivity contribution in [2.45, 2.75) is 38.6 Å². The number of pyridine rings is 1. The Hall–Kier alpha value is -3.74. The summed E-state index contributed by atoms with van der Waals surface area (Å²) in [7, 11) is 0. The number of carboxylic acid groups (broad SMARTS) is 1. The lowest BCUT2D eigenvalue weighted by Gasteiger charge is -2.21. The van der Waals surface area contributed by atoms with Gasteiger partial charge in [-0.05, 0) is 56.6 Å². The quantitative estimate of drug-likeness (QED) is 0.376. The van der Waals surface area contributed by atoms with Gasteiger partial charge < -0.3 is 19.9 Å². The van der Waals surface area contributed by atoms with Crippen LogP contribution in [0.25, 0.3) is 11.3 Å². The van der Waals surface area contributed by atoms with Crippen LogP contribution in [0.5, 0.6) is 11.6 Å². The molecule has 192 valence electrons. The van der Waals surface area contributed by atoms with Crippen LogP contribution >= 0.6 is 11.5 Å². The molecule has 0 aliphatic carbocycles. The van der Waals surface area contributed by atoms with E-state index < -0.39 is 42.1 Å². The zero-order valence-corrected chi connectivity index (χ0v) is 20.0. The van der Waals surface area contributed by atoms with E-state index in [9.17, 15) is 27.2 Å². The standard InChI is InChI=1S/C23H21F4N3O5S/c1-12(35-14-5-7-19(28-10-14)34-11-23(25,26)27)18-9-17(30-36-18)13-4-6-15(16(24)8-13)20(31)29-22(2,3)21(32)33/h4-10,12H,11H2,1-3H3,(H,29,31)(H,32,33)/t12-/m1/s1. The fourth-order valence-electron chi connectivity index (χ4n) is 2.82. The van der Waals surface area contributed by atoms with E-state index in [0.717, 1.165) is 17.6 Å². The Morgan fingerprint density at radius 2 is 1.89 bits per heavy atom. The van der Waals surface area contributed by atoms with Gasteiger partial charge in [0.2, 0.25) is 5.88 Å². The number of ether oxygens (including phenoxy) is 2. The molecule has 2 aromatic heterocycles. The first kappa shape index (κ1) is 26.9. The number of carboxylic acids is 1. The Balaban J connectivity index is 1.66. The Kier molecular flexibility index (Phi) is 7.82. The zero-order valence-electron chi connectivity index (χ0n) is 19.2. The summed E-state index contributed by atoms with van der Waals surface area (Å²) in [6.07, 6.45) is -3.75. The van der Waals surface area contributed by atoms with Crippen LogP contribution in [0.4, 0.5) is 17.6 Å². The number of alkyl halides is 3. The van der Waals surface area contributed by atoms with Crippen LogP contribution in [0, 0.1) is 5.82 Å². The van der Waals surface area contributed by atoms with Crippen molar-refractivity contribution in [3.05, 3.63) is 58.9 Å². The van der Waals surface area contributed by atoms with E-state index in [4.69, 9.17) is 9.84 Å². The van der Waals surface area contributed by atoms with Crippen molar-refractivity contribution in [1.29, 1.82) is 0 Å². The zero-order chi connectivity index (χ0) is 26.7. The van der Waals surface area contributed by atoms with Crippen LogP contribution < -0.4 is 14.8 Å². The van der Waals surface area contributed by atoms with E-state index in [1.807, 2.05) is 0 Å². The minimum Gasteiger partial charge on any atom is -0.484 e. The molecule has 0 fully saturated rings. The molecule has 0 radical (unpaired) electrons. The number of amides is 1. The molecule has 0 aliphatic rings. The van der Waals surface area contributed by atoms with Crippen molar-refractivity contribution >= 4 is 23.4 Å². The predicted molar refractivity (Wildman–Crippen MR) is 122 cm³/mol. The lowest BCUT2D eigenvalue weighted by atomic mass is 10.0. The number of hydrogen-bond donors (Lipinski definition) is 2. The normalized spacial score (nSPS) is 12.6. The maximum Gasteiger partial charge on any atom is 0.422 e. The second-order valence-corrected chi connectivity index (χ2v) is 9.03. The molecular formula is C23H21F4N3O5S. The van der Waals surface area contributed by atoms with E-state index in [-0.39, 0.29) is 11.4 Å². The van der Waals surface area contributed by atoms with Gasteiger partial charge in [-0.3, -0.25) is 4.79 Å². The molecular weight excluding hydrogens is 506 g/mol. The van der Waals surface area contributed by atoms with Crippen molar-refractivity contribution in [2.24, 2.45) is 0 Å². The molecule has 0 aliphatic heterocycles. The predicted octanol–water partition coefficient (Wildman–Crippen LogP) is 5.02. The average molecular weight is 527 g/mol. The van der Waals surface area contributed by atoms with E-state index >= 15 is 0 Å². The molecule has 2 heterocycles. The molecule has 0 spiro atoms. The maximum atomic E-state index is 14.6. The third-order valence-corrected chi connectivity index (χ3v) is 5.75. The van der Waals surface area contributed by atoms with Crippen molar-refractivity contribution < 1.29 is 41.7 Å². The summed E-state index contributed by atoms with van der Waals surface area (Å²) >= 11 is 1.10. The van der Waals surface area contributed by atoms with Crippen LogP contribution in [-0.2, 0) is 4.79 Å². The van der Waals surface area contributed by atoms with Crippen LogP contribution in [0.3, 0.4) is 0 Å². The van der Waals surface area contributed by atoms with Gasteiger partial charge in [0.1, 0.15) is 23.2 Å². The number of nitrogens with zero attached hydrogens (tertiary/aromatic N) is 2. The SMILES string of the molecule is C[C@@H](Oc1ccc(OCC(F)(F)F)nc1)c1cc(-c2ccc(C(=O)NC(C)(C)C(=O)O)c(F)c2)ns1. The number of nitrogens with one attached hydrogen (secondary N) is 1. The first-order chi connectivity index (χ1) is 16.7. The number of carbonyl (C=O) groups is 2. The number of aromatic nitrogens is 2. The van der Waals surface area contributed by atoms with Gasteiger partial charge in [0.25, 0.3) is 5.91 Å². The molecule has 13 heteroatoms. The summed E-state index contributed by atoms with van der Waals surface area (Å²) in [5.41, 5.74) is -1.07. The maximum absolute atomic E-state index is 14.6. The topological polar surface area (TPSA) is 111 Å². The van der Waals surface area contributed by atoms with Crippen LogP contribution in [0.15, 0.2) is 42.6 Å². The minimum absolute atomic E-state index is 0.196. The molecule has 2 N–H and O–H groups in total. The highest BCUT2D eigenvalue weighted by molar-refractivity contribution is 7.06. The van der Waals surface area contributed by atoms with Crippen LogP contribution in [0.2, 0.25) is 0 Å². The highest BCUT2D eigenvalue weighted by Crippen LogP contribution is 2.30. The molecule has 0 saturated heterocycles. The van der Waals surface area contributed by atoms with Crippen molar-refractivity contribution in [3.63, 3.8) is 0 Å². The fraction of sp³-hybridized carbons (Fsp3) is 0.304. The van der Waals surface area contributed by atoms with Gasteiger partial charge in [0, 0.05) is 11.6 Å². The molecule has 0 bridgehead atoms. The number of hydrogen-bond acceptors (Lipinski definition) is 7. The van der Waals surface area contributed by atoms with E-state index in [1.54, 1.807) is 13.0 Å². The molecule has 36 heavy (non-hydrogen) atoms. The summed E-state index contributed by atoms with van der Waals surface area (Å²) in [6.45, 7) is 2.84. The second-order valence-electron chi connectivity index (χ2n) is 8.19. The van der Waals surface area contributed by atoms with E-state index in [0.29, 0.717) is 21.9 Å². The van der Waals surface area contributed by atoms with Gasteiger partial charge in [-0.2, -0.15) is 17.5 Å². The number of aliphatic carboxylic acids is 1. The number of rotatable bonds is 9. The van der Waals surface area contributed by atoms with Crippen molar-refractivity contribution in [1.82, 2.24) is 14.7 Å². The van der Waals surface area contributed by atoms with E-state index in [1.165, 1.54) is 44.3 Å². The molecule has 3 rings (SSSR count). The highest BCUT2D eigenvalue weighted by atomic mass is 32.1. The minimum atomic E-state index is -4.47. The Morgan fingerprint density at radius 1 is 1.17 bits per heavy atom. The van der Waals surface area contributed by atoms with Gasteiger partial charge in [-0.1, -0.05) is 6.07 Å². The van der Waals surface area contributed by atoms with Gasteiger partial charge in [-0.15, -0.1) is 0 Å². The third kappa shape index (κ3) is 6.90. The lowest BCUT2D eigenvalue weighted by Crippen LogP contribution is -2.49. The first-order valence-electron chi connectivity index (χ1n) is 10.4.